The first-order chi connectivity index (χ1) is 10.3. The van der Waals surface area contributed by atoms with Gasteiger partial charge in [-0.15, -0.1) is 0 Å². The van der Waals surface area contributed by atoms with E-state index in [1.165, 1.54) is 0 Å². The van der Waals surface area contributed by atoms with Gasteiger partial charge >= 0.3 is 5.97 Å². The van der Waals surface area contributed by atoms with Crippen LogP contribution in [-0.4, -0.2) is 35.0 Å². The van der Waals surface area contributed by atoms with Crippen LogP contribution in [0.5, 0.6) is 0 Å². The average Bonchev–Trinajstić information content (AvgIpc) is 2.91. The Bertz CT molecular complexity index is 656. The molecule has 5 nitrogen and oxygen atoms in total. The Balaban J connectivity index is 1.88. The van der Waals surface area contributed by atoms with E-state index in [2.05, 4.69) is 4.99 Å². The van der Waals surface area contributed by atoms with Crippen LogP contribution < -0.4 is 0 Å². The Labute approximate surface area is 122 Å². The van der Waals surface area contributed by atoms with Crippen LogP contribution in [-0.2, 0) is 9.53 Å². The predicted octanol–water partition coefficient (Wildman–Crippen LogP) is 1.58. The Morgan fingerprint density at radius 3 is 2.52 bits per heavy atom. The van der Waals surface area contributed by atoms with E-state index in [-0.39, 0.29) is 6.61 Å². The van der Waals surface area contributed by atoms with Gasteiger partial charge in [0.15, 0.2) is 5.70 Å². The SMILES string of the molecule is O=C1OC(c2ccccc2)=NC1=C1C=CN(CCO)C=C1. The van der Waals surface area contributed by atoms with Gasteiger partial charge in [-0.25, -0.2) is 9.79 Å². The van der Waals surface area contributed by atoms with E-state index in [1.807, 2.05) is 35.2 Å². The van der Waals surface area contributed by atoms with Crippen LogP contribution in [0.3, 0.4) is 0 Å². The summed E-state index contributed by atoms with van der Waals surface area (Å²) in [6, 6.07) is 9.31. The highest BCUT2D eigenvalue weighted by atomic mass is 16.6. The molecule has 0 amide bonds. The molecule has 0 unspecified atom stereocenters. The third-order valence-corrected chi connectivity index (χ3v) is 3.14. The number of ether oxygens (including phenoxy) is 1. The molecule has 0 atom stereocenters. The summed E-state index contributed by atoms with van der Waals surface area (Å²) >= 11 is 0. The Morgan fingerprint density at radius 1 is 1.14 bits per heavy atom. The topological polar surface area (TPSA) is 62.1 Å². The lowest BCUT2D eigenvalue weighted by molar-refractivity contribution is -0.130. The summed E-state index contributed by atoms with van der Waals surface area (Å²) in [5, 5.41) is 8.88. The number of aliphatic hydroxyl groups excluding tert-OH is 1. The molecule has 21 heavy (non-hydrogen) atoms. The molecule has 2 aliphatic rings. The van der Waals surface area contributed by atoms with E-state index in [4.69, 9.17) is 9.84 Å². The van der Waals surface area contributed by atoms with Gasteiger partial charge in [-0.05, 0) is 24.3 Å². The zero-order valence-corrected chi connectivity index (χ0v) is 11.3. The fourth-order valence-corrected chi connectivity index (χ4v) is 2.07. The molecule has 0 aromatic heterocycles. The second-order valence-electron chi connectivity index (χ2n) is 4.57. The van der Waals surface area contributed by atoms with Gasteiger partial charge in [0.1, 0.15) is 0 Å². The molecule has 0 saturated heterocycles. The van der Waals surface area contributed by atoms with Crippen LogP contribution in [0.1, 0.15) is 5.56 Å². The van der Waals surface area contributed by atoms with E-state index in [0.717, 1.165) is 5.56 Å². The predicted molar refractivity (Wildman–Crippen MR) is 78.2 cm³/mol. The summed E-state index contributed by atoms with van der Waals surface area (Å²) in [7, 11) is 0. The molecular formula is C16H14N2O3. The highest BCUT2D eigenvalue weighted by Gasteiger charge is 2.26. The Kier molecular flexibility index (Phi) is 3.66. The lowest BCUT2D eigenvalue weighted by Gasteiger charge is -2.17. The zero-order chi connectivity index (χ0) is 14.7. The minimum Gasteiger partial charge on any atom is -0.402 e. The van der Waals surface area contributed by atoms with Crippen molar-refractivity contribution in [2.45, 2.75) is 0 Å². The number of carbonyl (C=O) groups is 1. The molecule has 2 heterocycles. The van der Waals surface area contributed by atoms with Gasteiger partial charge in [-0.3, -0.25) is 0 Å². The number of rotatable bonds is 3. The largest absolute Gasteiger partial charge is 0.402 e. The number of carbonyl (C=O) groups excluding carboxylic acids is 1. The van der Waals surface area contributed by atoms with Crippen molar-refractivity contribution in [3.05, 3.63) is 71.7 Å². The maximum Gasteiger partial charge on any atom is 0.364 e. The summed E-state index contributed by atoms with van der Waals surface area (Å²) in [6.45, 7) is 0.581. The number of cyclic esters (lactones) is 1. The number of aliphatic imine (C=N–C) groups is 1. The van der Waals surface area contributed by atoms with E-state index in [9.17, 15) is 4.79 Å². The molecule has 0 spiro atoms. The maximum atomic E-state index is 11.9. The Morgan fingerprint density at radius 2 is 1.86 bits per heavy atom. The first-order valence-corrected chi connectivity index (χ1v) is 6.61. The standard InChI is InChI=1S/C16H14N2O3/c19-11-10-18-8-6-12(7-9-18)14-16(20)21-15(17-14)13-4-2-1-3-5-13/h1-9,19H,10-11H2. The van der Waals surface area contributed by atoms with Gasteiger partial charge in [-0.1, -0.05) is 18.2 Å². The number of nitrogens with zero attached hydrogens (tertiary/aromatic N) is 2. The molecular weight excluding hydrogens is 268 g/mol. The van der Waals surface area contributed by atoms with Crippen molar-refractivity contribution in [3.8, 4) is 0 Å². The summed E-state index contributed by atoms with van der Waals surface area (Å²) in [5.41, 5.74) is 1.76. The maximum absolute atomic E-state index is 11.9. The number of β-amino-alcohol motifs (C(OH)–C–C–N with tert-alkyl or cyclic N) is 1. The lowest BCUT2D eigenvalue weighted by atomic mass is 10.1. The first kappa shape index (κ1) is 13.3. The van der Waals surface area contributed by atoms with Crippen molar-refractivity contribution in [1.82, 2.24) is 4.90 Å². The van der Waals surface area contributed by atoms with Gasteiger partial charge in [0, 0.05) is 30.1 Å². The molecule has 106 valence electrons. The number of hydrogen-bond acceptors (Lipinski definition) is 5. The highest BCUT2D eigenvalue weighted by molar-refractivity contribution is 6.11. The van der Waals surface area contributed by atoms with Crippen LogP contribution >= 0.6 is 0 Å². The van der Waals surface area contributed by atoms with Gasteiger partial charge < -0.3 is 14.7 Å². The number of aliphatic hydroxyl groups is 1. The molecule has 0 bridgehead atoms. The van der Waals surface area contributed by atoms with Crippen LogP contribution in [0.4, 0.5) is 0 Å². The first-order valence-electron chi connectivity index (χ1n) is 6.61. The van der Waals surface area contributed by atoms with Crippen molar-refractivity contribution < 1.29 is 14.6 Å². The molecule has 1 aromatic rings. The zero-order valence-electron chi connectivity index (χ0n) is 11.3. The normalized spacial score (nSPS) is 17.3. The smallest absolute Gasteiger partial charge is 0.364 e. The van der Waals surface area contributed by atoms with Gasteiger partial charge in [0.25, 0.3) is 0 Å². The number of esters is 1. The van der Waals surface area contributed by atoms with E-state index in [1.54, 1.807) is 24.6 Å². The van der Waals surface area contributed by atoms with Gasteiger partial charge in [0.05, 0.1) is 6.61 Å². The summed E-state index contributed by atoms with van der Waals surface area (Å²) < 4.78 is 5.22. The average molecular weight is 282 g/mol. The minimum absolute atomic E-state index is 0.0684. The molecule has 0 aliphatic carbocycles. The molecule has 0 radical (unpaired) electrons. The van der Waals surface area contributed by atoms with Crippen LogP contribution in [0.15, 0.2) is 71.1 Å². The second kappa shape index (κ2) is 5.76. The fraction of sp³-hybridized carbons (Fsp3) is 0.125. The van der Waals surface area contributed by atoms with Crippen molar-refractivity contribution in [3.63, 3.8) is 0 Å². The molecule has 3 rings (SSSR count). The van der Waals surface area contributed by atoms with Gasteiger partial charge in [-0.2, -0.15) is 0 Å². The summed E-state index contributed by atoms with van der Waals surface area (Å²) in [4.78, 5) is 18.1. The quantitative estimate of drug-likeness (QED) is 0.675. The summed E-state index contributed by atoms with van der Waals surface area (Å²) in [5.74, 6) is -0.128. The van der Waals surface area contributed by atoms with E-state index < -0.39 is 5.97 Å². The van der Waals surface area contributed by atoms with E-state index in [0.29, 0.717) is 23.7 Å². The van der Waals surface area contributed by atoms with Crippen molar-refractivity contribution in [1.29, 1.82) is 0 Å². The molecule has 5 heteroatoms. The van der Waals surface area contributed by atoms with Crippen molar-refractivity contribution in [2.75, 3.05) is 13.2 Å². The third kappa shape index (κ3) is 2.78. The number of allylic oxidation sites excluding steroid dienone is 3. The van der Waals surface area contributed by atoms with Gasteiger partial charge in [0.2, 0.25) is 5.90 Å². The fourth-order valence-electron chi connectivity index (χ4n) is 2.07. The highest BCUT2D eigenvalue weighted by Crippen LogP contribution is 2.22. The van der Waals surface area contributed by atoms with Crippen LogP contribution in [0.2, 0.25) is 0 Å². The Hall–Kier alpha value is -2.66. The minimum atomic E-state index is -0.450. The molecule has 0 saturated carbocycles. The second-order valence-corrected chi connectivity index (χ2v) is 4.57. The van der Waals surface area contributed by atoms with Crippen molar-refractivity contribution >= 4 is 11.9 Å². The molecule has 1 aromatic carbocycles. The number of hydrogen-bond donors (Lipinski definition) is 1. The van der Waals surface area contributed by atoms with E-state index >= 15 is 0 Å². The molecule has 0 fully saturated rings. The van der Waals surface area contributed by atoms with Crippen LogP contribution in [0.25, 0.3) is 0 Å². The van der Waals surface area contributed by atoms with Crippen LogP contribution in [0, 0.1) is 0 Å². The third-order valence-electron chi connectivity index (χ3n) is 3.14. The monoisotopic (exact) mass is 282 g/mol. The van der Waals surface area contributed by atoms with Crippen molar-refractivity contribution in [2.24, 2.45) is 4.99 Å². The number of benzene rings is 1. The molecule has 2 aliphatic heterocycles. The summed E-state index contributed by atoms with van der Waals surface area (Å²) in [6.07, 6.45) is 7.15. The lowest BCUT2D eigenvalue weighted by Crippen LogP contribution is -2.16. The molecule has 1 N–H and O–H groups in total.